The second-order valence-corrected chi connectivity index (χ2v) is 4.60. The Morgan fingerprint density at radius 2 is 2.18 bits per heavy atom. The molecule has 17 heavy (non-hydrogen) atoms. The molecule has 0 saturated carbocycles. The molecule has 92 valence electrons. The van der Waals surface area contributed by atoms with Crippen LogP contribution in [-0.4, -0.2) is 10.1 Å². The van der Waals surface area contributed by atoms with Gasteiger partial charge in [-0.2, -0.15) is 0 Å². The van der Waals surface area contributed by atoms with Gasteiger partial charge in [-0.25, -0.2) is 0 Å². The average Bonchev–Trinajstić information content (AvgIpc) is 2.28. The van der Waals surface area contributed by atoms with Crippen molar-refractivity contribution in [2.24, 2.45) is 0 Å². The minimum absolute atomic E-state index is 0.0996. The molecular weight excluding hydrogens is 257 g/mol. The summed E-state index contributed by atoms with van der Waals surface area (Å²) in [6.45, 7) is 3.71. The van der Waals surface area contributed by atoms with Crippen molar-refractivity contribution >= 4 is 34.3 Å². The Hall–Kier alpha value is -0.830. The summed E-state index contributed by atoms with van der Waals surface area (Å²) < 4.78 is 0. The van der Waals surface area contributed by atoms with Crippen molar-refractivity contribution in [3.8, 4) is 0 Å². The standard InChI is InChI=1S/C13H15Cl2NO/c1-3-4-11(15)5-10-6-12(8-17)16-7-13(10)9(2)14/h4-7,17H,3,8H2,1-2H3/b10-5-,11-4-,13-9+. The number of hydrogen-bond donors (Lipinski definition) is 1. The molecule has 0 spiro atoms. The van der Waals surface area contributed by atoms with Crippen molar-refractivity contribution in [3.63, 3.8) is 0 Å². The van der Waals surface area contributed by atoms with Gasteiger partial charge in [-0.15, -0.1) is 0 Å². The topological polar surface area (TPSA) is 33.1 Å². The van der Waals surface area contributed by atoms with Gasteiger partial charge in [-0.1, -0.05) is 36.2 Å². The summed E-state index contributed by atoms with van der Waals surface area (Å²) >= 11 is 12.1. The normalized spacial score (nSPS) is 15.1. The number of allylic oxidation sites excluding steroid dienone is 2. The van der Waals surface area contributed by atoms with Crippen LogP contribution in [0.5, 0.6) is 0 Å². The van der Waals surface area contributed by atoms with Crippen molar-refractivity contribution in [2.75, 3.05) is 0 Å². The van der Waals surface area contributed by atoms with Crippen molar-refractivity contribution in [1.29, 1.82) is 0 Å². The first-order chi connectivity index (χ1) is 8.08. The summed E-state index contributed by atoms with van der Waals surface area (Å²) in [5.74, 6) is 0. The monoisotopic (exact) mass is 271 g/mol. The smallest absolute Gasteiger partial charge is 0.0853 e. The third-order valence-electron chi connectivity index (χ3n) is 2.22. The van der Waals surface area contributed by atoms with Gasteiger partial charge in [0.05, 0.1) is 12.3 Å². The van der Waals surface area contributed by atoms with Crippen LogP contribution in [0.15, 0.2) is 23.4 Å². The van der Waals surface area contributed by atoms with Crippen LogP contribution in [0.4, 0.5) is 0 Å². The molecule has 1 N–H and O–H groups in total. The maximum absolute atomic E-state index is 9.07. The summed E-state index contributed by atoms with van der Waals surface area (Å²) in [4.78, 5) is 4.09. The van der Waals surface area contributed by atoms with E-state index in [1.165, 1.54) is 0 Å². The first kappa shape index (κ1) is 14.2. The zero-order valence-electron chi connectivity index (χ0n) is 9.87. The molecule has 2 nitrogen and oxygen atoms in total. The number of aliphatic hydroxyl groups excluding tert-OH is 1. The van der Waals surface area contributed by atoms with Gasteiger partial charge < -0.3 is 5.11 Å². The van der Waals surface area contributed by atoms with Gasteiger partial charge in [0.15, 0.2) is 0 Å². The number of halogens is 2. The Labute approximate surface area is 111 Å². The maximum atomic E-state index is 9.07. The Morgan fingerprint density at radius 3 is 2.71 bits per heavy atom. The fourth-order valence-electron chi connectivity index (χ4n) is 1.41. The first-order valence-electron chi connectivity index (χ1n) is 5.38. The number of nitrogens with zero attached hydrogens (tertiary/aromatic N) is 1. The summed E-state index contributed by atoms with van der Waals surface area (Å²) in [6.07, 6.45) is 6.25. The van der Waals surface area contributed by atoms with E-state index >= 15 is 0 Å². The van der Waals surface area contributed by atoms with Gasteiger partial charge in [-0.3, -0.25) is 4.98 Å². The molecular formula is C13H15Cl2NO. The van der Waals surface area contributed by atoms with Crippen LogP contribution in [0.3, 0.4) is 0 Å². The molecule has 1 heterocycles. The average molecular weight is 272 g/mol. The molecule has 0 bridgehead atoms. The summed E-state index contributed by atoms with van der Waals surface area (Å²) in [6, 6.07) is 1.78. The van der Waals surface area contributed by atoms with E-state index in [0.29, 0.717) is 15.8 Å². The maximum Gasteiger partial charge on any atom is 0.0853 e. The Kier molecular flexibility index (Phi) is 5.69. The molecule has 4 heteroatoms. The second-order valence-electron chi connectivity index (χ2n) is 3.60. The lowest BCUT2D eigenvalue weighted by Gasteiger charge is -1.98. The minimum Gasteiger partial charge on any atom is -0.390 e. The highest BCUT2D eigenvalue weighted by Gasteiger charge is 1.96. The van der Waals surface area contributed by atoms with Crippen LogP contribution < -0.4 is 10.4 Å². The minimum atomic E-state index is -0.0996. The van der Waals surface area contributed by atoms with Gasteiger partial charge >= 0.3 is 0 Å². The van der Waals surface area contributed by atoms with Crippen molar-refractivity contribution < 1.29 is 5.11 Å². The Morgan fingerprint density at radius 1 is 1.47 bits per heavy atom. The highest BCUT2D eigenvalue weighted by molar-refractivity contribution is 6.44. The van der Waals surface area contributed by atoms with Crippen molar-refractivity contribution in [2.45, 2.75) is 26.9 Å². The van der Waals surface area contributed by atoms with E-state index < -0.39 is 0 Å². The lowest BCUT2D eigenvalue weighted by atomic mass is 10.2. The summed E-state index contributed by atoms with van der Waals surface area (Å²) in [5.41, 5.74) is 0.596. The van der Waals surface area contributed by atoms with Crippen LogP contribution in [0.1, 0.15) is 26.0 Å². The van der Waals surface area contributed by atoms with E-state index in [2.05, 4.69) is 4.98 Å². The van der Waals surface area contributed by atoms with Crippen LogP contribution in [-0.2, 0) is 6.61 Å². The molecule has 0 saturated heterocycles. The van der Waals surface area contributed by atoms with E-state index in [0.717, 1.165) is 16.9 Å². The summed E-state index contributed by atoms with van der Waals surface area (Å²) in [7, 11) is 0. The molecule has 0 atom stereocenters. The van der Waals surface area contributed by atoms with Crippen LogP contribution >= 0.6 is 23.2 Å². The number of rotatable bonds is 3. The molecule has 0 aliphatic carbocycles. The Bertz CT molecular complexity index is 531. The third kappa shape index (κ3) is 4.15. The number of hydrogen-bond acceptors (Lipinski definition) is 2. The molecule has 1 aromatic heterocycles. The molecule has 0 unspecified atom stereocenters. The lowest BCUT2D eigenvalue weighted by molar-refractivity contribution is 0.276. The molecule has 0 radical (unpaired) electrons. The lowest BCUT2D eigenvalue weighted by Crippen LogP contribution is -2.27. The summed E-state index contributed by atoms with van der Waals surface area (Å²) in [5, 5.41) is 12.1. The van der Waals surface area contributed by atoms with E-state index in [1.807, 2.05) is 19.1 Å². The van der Waals surface area contributed by atoms with E-state index in [-0.39, 0.29) is 6.61 Å². The van der Waals surface area contributed by atoms with Gasteiger partial charge in [0.1, 0.15) is 0 Å². The van der Waals surface area contributed by atoms with E-state index in [1.54, 1.807) is 19.2 Å². The van der Waals surface area contributed by atoms with Crippen molar-refractivity contribution in [3.05, 3.63) is 39.5 Å². The van der Waals surface area contributed by atoms with Gasteiger partial charge in [-0.05, 0) is 30.7 Å². The zero-order valence-corrected chi connectivity index (χ0v) is 11.4. The van der Waals surface area contributed by atoms with E-state index in [9.17, 15) is 0 Å². The number of pyridine rings is 1. The number of aliphatic hydroxyl groups is 1. The van der Waals surface area contributed by atoms with Gasteiger partial charge in [0, 0.05) is 21.5 Å². The zero-order chi connectivity index (χ0) is 12.8. The second kappa shape index (κ2) is 6.80. The predicted octanol–water partition coefficient (Wildman–Crippen LogP) is 2.25. The van der Waals surface area contributed by atoms with Crippen LogP contribution in [0, 0.1) is 0 Å². The molecule has 1 rings (SSSR count). The molecule has 0 aliphatic rings. The molecule has 1 aromatic rings. The highest BCUT2D eigenvalue weighted by Crippen LogP contribution is 2.04. The fourth-order valence-corrected chi connectivity index (χ4v) is 1.84. The predicted molar refractivity (Wildman–Crippen MR) is 73.0 cm³/mol. The van der Waals surface area contributed by atoms with Crippen LogP contribution in [0.2, 0.25) is 0 Å². The van der Waals surface area contributed by atoms with Gasteiger partial charge in [0.25, 0.3) is 0 Å². The SMILES string of the molecule is CC/C=C(Cl)/C=c1/cc(CO)nc/c1=C(/C)Cl. The third-order valence-corrected chi connectivity index (χ3v) is 2.69. The quantitative estimate of drug-likeness (QED) is 0.915. The molecule has 0 aromatic carbocycles. The number of aromatic nitrogens is 1. The van der Waals surface area contributed by atoms with Gasteiger partial charge in [0.2, 0.25) is 0 Å². The fraction of sp³-hybridized carbons (Fsp3) is 0.308. The molecule has 0 aliphatic heterocycles. The largest absolute Gasteiger partial charge is 0.390 e. The highest BCUT2D eigenvalue weighted by atomic mass is 35.5. The first-order valence-corrected chi connectivity index (χ1v) is 6.13. The molecule has 0 fully saturated rings. The van der Waals surface area contributed by atoms with Crippen LogP contribution in [0.25, 0.3) is 11.1 Å². The van der Waals surface area contributed by atoms with E-state index in [4.69, 9.17) is 28.3 Å². The Balaban J connectivity index is 3.49. The molecule has 0 amide bonds. The van der Waals surface area contributed by atoms with Crippen molar-refractivity contribution in [1.82, 2.24) is 4.98 Å².